The molecule has 104 valence electrons. The first-order chi connectivity index (χ1) is 9.31. The summed E-state index contributed by atoms with van der Waals surface area (Å²) in [5, 5.41) is 4.55. The van der Waals surface area contributed by atoms with Gasteiger partial charge in [0.25, 0.3) is 0 Å². The van der Waals surface area contributed by atoms with Gasteiger partial charge in [0.2, 0.25) is 0 Å². The molecule has 0 aromatic carbocycles. The summed E-state index contributed by atoms with van der Waals surface area (Å²) >= 11 is 0. The van der Waals surface area contributed by atoms with Crippen LogP contribution in [-0.4, -0.2) is 16.3 Å². The summed E-state index contributed by atoms with van der Waals surface area (Å²) in [6.07, 6.45) is 12.8. The quantitative estimate of drug-likeness (QED) is 0.902. The first-order valence-electron chi connectivity index (χ1n) is 8.03. The van der Waals surface area contributed by atoms with Gasteiger partial charge in [-0.15, -0.1) is 0 Å². The molecule has 0 aliphatic heterocycles. The molecule has 4 bridgehead atoms. The summed E-state index contributed by atoms with van der Waals surface area (Å²) in [6, 6.07) is 0. The van der Waals surface area contributed by atoms with Crippen molar-refractivity contribution in [3.8, 4) is 0 Å². The summed E-state index contributed by atoms with van der Waals surface area (Å²) in [4.78, 5) is 0. The SMILES string of the molecule is NCCc1cnn(CC2C3CC4CC(C3)CC2C4)c1. The van der Waals surface area contributed by atoms with Crippen molar-refractivity contribution in [1.82, 2.24) is 9.78 Å². The number of hydrogen-bond donors (Lipinski definition) is 1. The van der Waals surface area contributed by atoms with Gasteiger partial charge < -0.3 is 5.73 Å². The van der Waals surface area contributed by atoms with E-state index in [2.05, 4.69) is 16.0 Å². The van der Waals surface area contributed by atoms with Crippen molar-refractivity contribution < 1.29 is 0 Å². The largest absolute Gasteiger partial charge is 0.330 e. The lowest BCUT2D eigenvalue weighted by atomic mass is 9.52. The molecule has 4 aliphatic rings. The van der Waals surface area contributed by atoms with Gasteiger partial charge in [0, 0.05) is 12.7 Å². The highest BCUT2D eigenvalue weighted by molar-refractivity contribution is 5.05. The van der Waals surface area contributed by atoms with Gasteiger partial charge in [-0.2, -0.15) is 5.10 Å². The molecule has 5 rings (SSSR count). The van der Waals surface area contributed by atoms with Crippen LogP contribution in [0, 0.1) is 29.6 Å². The zero-order chi connectivity index (χ0) is 12.8. The molecule has 0 spiro atoms. The van der Waals surface area contributed by atoms with Crippen LogP contribution < -0.4 is 5.73 Å². The molecule has 4 saturated carbocycles. The van der Waals surface area contributed by atoms with Crippen molar-refractivity contribution in [2.24, 2.45) is 35.3 Å². The fourth-order valence-corrected chi connectivity index (χ4v) is 5.35. The summed E-state index contributed by atoms with van der Waals surface area (Å²) in [5.74, 6) is 5.04. The van der Waals surface area contributed by atoms with Crippen LogP contribution in [0.3, 0.4) is 0 Å². The van der Waals surface area contributed by atoms with E-state index < -0.39 is 0 Å². The Morgan fingerprint density at radius 2 is 1.79 bits per heavy atom. The molecule has 0 amide bonds. The maximum Gasteiger partial charge on any atom is 0.0522 e. The minimum absolute atomic E-state index is 0.726. The first-order valence-corrected chi connectivity index (χ1v) is 8.03. The van der Waals surface area contributed by atoms with Crippen LogP contribution in [0.4, 0.5) is 0 Å². The van der Waals surface area contributed by atoms with Crippen LogP contribution in [0.5, 0.6) is 0 Å². The summed E-state index contributed by atoms with van der Waals surface area (Å²) in [6.45, 7) is 1.88. The van der Waals surface area contributed by atoms with Crippen molar-refractivity contribution in [1.29, 1.82) is 0 Å². The number of nitrogens with two attached hydrogens (primary N) is 1. The van der Waals surface area contributed by atoms with E-state index in [0.717, 1.165) is 49.1 Å². The van der Waals surface area contributed by atoms with Gasteiger partial charge in [0.05, 0.1) is 6.20 Å². The Labute approximate surface area is 115 Å². The number of rotatable bonds is 4. The average molecular weight is 259 g/mol. The molecule has 1 heterocycles. The highest BCUT2D eigenvalue weighted by Gasteiger charge is 2.48. The van der Waals surface area contributed by atoms with Crippen LogP contribution in [0.25, 0.3) is 0 Å². The van der Waals surface area contributed by atoms with Crippen LogP contribution in [0.1, 0.15) is 37.7 Å². The Kier molecular flexibility index (Phi) is 2.91. The summed E-state index contributed by atoms with van der Waals surface area (Å²) in [7, 11) is 0. The Hall–Kier alpha value is -0.830. The molecular weight excluding hydrogens is 234 g/mol. The van der Waals surface area contributed by atoms with Gasteiger partial charge in [0.15, 0.2) is 0 Å². The third-order valence-electron chi connectivity index (χ3n) is 5.94. The minimum Gasteiger partial charge on any atom is -0.330 e. The maximum atomic E-state index is 5.61. The van der Waals surface area contributed by atoms with Gasteiger partial charge >= 0.3 is 0 Å². The Morgan fingerprint density at radius 1 is 1.11 bits per heavy atom. The third kappa shape index (κ3) is 2.12. The second-order valence-electron chi connectivity index (χ2n) is 7.20. The van der Waals surface area contributed by atoms with E-state index in [-0.39, 0.29) is 0 Å². The van der Waals surface area contributed by atoms with E-state index in [1.165, 1.54) is 31.2 Å². The van der Waals surface area contributed by atoms with Crippen molar-refractivity contribution in [2.75, 3.05) is 6.54 Å². The maximum absolute atomic E-state index is 5.61. The predicted molar refractivity (Wildman–Crippen MR) is 75.5 cm³/mol. The Bertz CT molecular complexity index is 423. The second-order valence-corrected chi connectivity index (χ2v) is 7.20. The van der Waals surface area contributed by atoms with Gasteiger partial charge in [0.1, 0.15) is 0 Å². The normalized spacial score (nSPS) is 39.9. The zero-order valence-electron chi connectivity index (χ0n) is 11.7. The van der Waals surface area contributed by atoms with Gasteiger partial charge in [-0.25, -0.2) is 0 Å². The fraction of sp³-hybridized carbons (Fsp3) is 0.812. The second kappa shape index (κ2) is 4.62. The fourth-order valence-electron chi connectivity index (χ4n) is 5.35. The van der Waals surface area contributed by atoms with Crippen molar-refractivity contribution in [3.63, 3.8) is 0 Å². The predicted octanol–water partition coefficient (Wildman–Crippen LogP) is 2.46. The van der Waals surface area contributed by atoms with Crippen LogP contribution >= 0.6 is 0 Å². The van der Waals surface area contributed by atoms with E-state index in [9.17, 15) is 0 Å². The molecule has 0 unspecified atom stereocenters. The third-order valence-corrected chi connectivity index (χ3v) is 5.94. The first kappa shape index (κ1) is 12.0. The molecule has 3 nitrogen and oxygen atoms in total. The highest BCUT2D eigenvalue weighted by Crippen LogP contribution is 2.56. The average Bonchev–Trinajstić information content (AvgIpc) is 2.81. The van der Waals surface area contributed by atoms with E-state index in [0.29, 0.717) is 0 Å². The van der Waals surface area contributed by atoms with E-state index >= 15 is 0 Å². The number of aromatic nitrogens is 2. The Morgan fingerprint density at radius 3 is 2.42 bits per heavy atom. The monoisotopic (exact) mass is 259 g/mol. The van der Waals surface area contributed by atoms with Gasteiger partial charge in [-0.1, -0.05) is 0 Å². The lowest BCUT2D eigenvalue weighted by molar-refractivity contribution is -0.0442. The molecular formula is C16H25N3. The molecule has 4 aliphatic carbocycles. The molecule has 0 radical (unpaired) electrons. The molecule has 1 aromatic heterocycles. The van der Waals surface area contributed by atoms with Crippen LogP contribution in [0.15, 0.2) is 12.4 Å². The zero-order valence-corrected chi connectivity index (χ0v) is 11.7. The smallest absolute Gasteiger partial charge is 0.0522 e. The van der Waals surface area contributed by atoms with Crippen molar-refractivity contribution >= 4 is 0 Å². The molecule has 1 aromatic rings. The lowest BCUT2D eigenvalue weighted by Crippen LogP contribution is -2.46. The van der Waals surface area contributed by atoms with Crippen molar-refractivity contribution in [2.45, 2.75) is 45.1 Å². The summed E-state index contributed by atoms with van der Waals surface area (Å²) < 4.78 is 2.19. The molecule has 0 saturated heterocycles. The van der Waals surface area contributed by atoms with Crippen LogP contribution in [-0.2, 0) is 13.0 Å². The number of hydrogen-bond acceptors (Lipinski definition) is 2. The lowest BCUT2D eigenvalue weighted by Gasteiger charge is -2.54. The highest BCUT2D eigenvalue weighted by atomic mass is 15.3. The van der Waals surface area contributed by atoms with Crippen molar-refractivity contribution in [3.05, 3.63) is 18.0 Å². The number of nitrogens with zero attached hydrogens (tertiary/aromatic N) is 2. The van der Waals surface area contributed by atoms with Crippen LogP contribution in [0.2, 0.25) is 0 Å². The molecule has 3 heteroatoms. The standard InChI is InChI=1S/C16H25N3/c17-2-1-11-8-18-19(9-11)10-16-14-4-12-3-13(6-14)7-15(16)5-12/h8-9,12-16H,1-7,10,17H2. The van der Waals surface area contributed by atoms with E-state index in [1.807, 2.05) is 6.20 Å². The molecule has 2 N–H and O–H groups in total. The van der Waals surface area contributed by atoms with E-state index in [1.54, 1.807) is 6.42 Å². The van der Waals surface area contributed by atoms with E-state index in [4.69, 9.17) is 5.73 Å². The molecule has 19 heavy (non-hydrogen) atoms. The molecule has 0 atom stereocenters. The topological polar surface area (TPSA) is 43.8 Å². The van der Waals surface area contributed by atoms with Gasteiger partial charge in [-0.3, -0.25) is 4.68 Å². The summed E-state index contributed by atoms with van der Waals surface area (Å²) in [5.41, 5.74) is 6.91. The van der Waals surface area contributed by atoms with Gasteiger partial charge in [-0.05, 0) is 80.2 Å². The minimum atomic E-state index is 0.726. The Balaban J connectivity index is 1.47. The molecule has 4 fully saturated rings.